The van der Waals surface area contributed by atoms with Crippen molar-refractivity contribution in [2.75, 3.05) is 7.11 Å². The molecule has 2 aromatic rings. The van der Waals surface area contributed by atoms with Crippen LogP contribution in [0.15, 0.2) is 48.5 Å². The van der Waals surface area contributed by atoms with Gasteiger partial charge in [-0.05, 0) is 30.2 Å². The average Bonchev–Trinajstić information content (AvgIpc) is 2.58. The number of hydrogen-bond acceptors (Lipinski definition) is 3. The second-order valence-corrected chi connectivity index (χ2v) is 5.44. The van der Waals surface area contributed by atoms with E-state index in [4.69, 9.17) is 4.74 Å². The Balaban J connectivity index is 2.08. The van der Waals surface area contributed by atoms with Crippen LogP contribution in [0.1, 0.15) is 30.3 Å². The highest BCUT2D eigenvalue weighted by Crippen LogP contribution is 2.21. The van der Waals surface area contributed by atoms with Crippen molar-refractivity contribution < 1.29 is 23.4 Å². The maximum atomic E-state index is 13.3. The number of aliphatic hydroxyl groups is 1. The second-order valence-electron chi connectivity index (χ2n) is 5.44. The van der Waals surface area contributed by atoms with E-state index in [0.29, 0.717) is 5.56 Å². The number of carbonyl (C=O) groups is 1. The highest BCUT2D eigenvalue weighted by atomic mass is 19.2. The number of amides is 1. The van der Waals surface area contributed by atoms with Gasteiger partial charge in [0.15, 0.2) is 17.7 Å². The first-order chi connectivity index (χ1) is 11.4. The van der Waals surface area contributed by atoms with Crippen molar-refractivity contribution in [2.24, 2.45) is 0 Å². The summed E-state index contributed by atoms with van der Waals surface area (Å²) in [5, 5.41) is 12.9. The average molecular weight is 335 g/mol. The molecule has 0 aromatic heterocycles. The van der Waals surface area contributed by atoms with E-state index in [0.717, 1.165) is 12.1 Å². The van der Waals surface area contributed by atoms with Crippen molar-refractivity contribution in [3.05, 3.63) is 71.3 Å². The molecule has 2 rings (SSSR count). The fourth-order valence-corrected chi connectivity index (χ4v) is 2.39. The number of hydrogen-bond donors (Lipinski definition) is 2. The van der Waals surface area contributed by atoms with E-state index in [2.05, 4.69) is 5.32 Å². The number of halogens is 2. The van der Waals surface area contributed by atoms with E-state index in [-0.39, 0.29) is 5.56 Å². The number of methoxy groups -OCH3 is 1. The first-order valence-electron chi connectivity index (χ1n) is 7.45. The van der Waals surface area contributed by atoms with Crippen molar-refractivity contribution in [1.29, 1.82) is 0 Å². The Kier molecular flexibility index (Phi) is 6.00. The summed E-state index contributed by atoms with van der Waals surface area (Å²) in [5.74, 6) is -2.48. The highest BCUT2D eigenvalue weighted by molar-refractivity contribution is 5.82. The minimum Gasteiger partial charge on any atom is -0.386 e. The van der Waals surface area contributed by atoms with Gasteiger partial charge in [0, 0.05) is 7.11 Å². The van der Waals surface area contributed by atoms with Crippen LogP contribution in [0.4, 0.5) is 8.78 Å². The molecule has 0 aliphatic heterocycles. The number of carbonyl (C=O) groups excluding carboxylic acids is 1. The van der Waals surface area contributed by atoms with E-state index >= 15 is 0 Å². The number of nitrogens with one attached hydrogen (secondary N) is 1. The van der Waals surface area contributed by atoms with Crippen LogP contribution in [0.25, 0.3) is 0 Å². The monoisotopic (exact) mass is 335 g/mol. The van der Waals surface area contributed by atoms with E-state index in [9.17, 15) is 18.7 Å². The van der Waals surface area contributed by atoms with Gasteiger partial charge in [0.2, 0.25) is 0 Å². The molecule has 0 bridgehead atoms. The van der Waals surface area contributed by atoms with Gasteiger partial charge < -0.3 is 15.2 Å². The second kappa shape index (κ2) is 7.99. The highest BCUT2D eigenvalue weighted by Gasteiger charge is 2.25. The summed E-state index contributed by atoms with van der Waals surface area (Å²) < 4.78 is 31.5. The molecule has 0 saturated heterocycles. The molecule has 2 N–H and O–H groups in total. The molecule has 1 amide bonds. The zero-order chi connectivity index (χ0) is 17.7. The molecule has 0 heterocycles. The molecule has 4 nitrogen and oxygen atoms in total. The van der Waals surface area contributed by atoms with E-state index in [1.807, 2.05) is 6.07 Å². The Bertz CT molecular complexity index is 694. The van der Waals surface area contributed by atoms with Crippen molar-refractivity contribution >= 4 is 5.91 Å². The Morgan fingerprint density at radius 3 is 2.33 bits per heavy atom. The molecule has 0 radical (unpaired) electrons. The summed E-state index contributed by atoms with van der Waals surface area (Å²) in [6.07, 6.45) is -2.01. The van der Waals surface area contributed by atoms with Crippen LogP contribution in [0, 0.1) is 11.6 Å². The smallest absolute Gasteiger partial charge is 0.254 e. The van der Waals surface area contributed by atoms with Gasteiger partial charge in [0.1, 0.15) is 0 Å². The van der Waals surface area contributed by atoms with Gasteiger partial charge in [0.25, 0.3) is 5.91 Å². The Labute approximate surface area is 139 Å². The summed E-state index contributed by atoms with van der Waals surface area (Å²) in [4.78, 5) is 12.4. The van der Waals surface area contributed by atoms with Crippen LogP contribution in [0.2, 0.25) is 0 Å². The van der Waals surface area contributed by atoms with Crippen molar-refractivity contribution in [3.8, 4) is 0 Å². The van der Waals surface area contributed by atoms with E-state index < -0.39 is 35.8 Å². The maximum absolute atomic E-state index is 13.3. The Morgan fingerprint density at radius 1 is 1.08 bits per heavy atom. The lowest BCUT2D eigenvalue weighted by Crippen LogP contribution is -2.40. The molecule has 0 fully saturated rings. The predicted molar refractivity (Wildman–Crippen MR) is 85.1 cm³/mol. The molecule has 6 heteroatoms. The van der Waals surface area contributed by atoms with Crippen LogP contribution in [-0.2, 0) is 9.53 Å². The van der Waals surface area contributed by atoms with Gasteiger partial charge in [-0.2, -0.15) is 0 Å². The minimum atomic E-state index is -1.18. The summed E-state index contributed by atoms with van der Waals surface area (Å²) in [5.41, 5.74) is 0.849. The summed E-state index contributed by atoms with van der Waals surface area (Å²) in [6, 6.07) is 11.3. The summed E-state index contributed by atoms with van der Waals surface area (Å²) in [7, 11) is 1.41. The Hall–Kier alpha value is -2.31. The third-order valence-electron chi connectivity index (χ3n) is 3.70. The van der Waals surface area contributed by atoms with Crippen LogP contribution in [-0.4, -0.2) is 24.2 Å². The molecule has 3 atom stereocenters. The van der Waals surface area contributed by atoms with E-state index in [1.165, 1.54) is 13.2 Å². The standard InChI is InChI=1S/C18H19F2NO3/c1-11(16(22)13-8-9-14(19)15(20)10-13)21-18(23)17(24-2)12-6-4-3-5-7-12/h3-11,16-17,22H,1-2H3,(H,21,23)/t11-,16+,17-/m1/s1. The van der Waals surface area contributed by atoms with Crippen LogP contribution < -0.4 is 5.32 Å². The normalized spacial score (nSPS) is 14.7. The molecule has 2 aromatic carbocycles. The lowest BCUT2D eigenvalue weighted by atomic mass is 10.0. The molecular formula is C18H19F2NO3. The van der Waals surface area contributed by atoms with Gasteiger partial charge in [-0.15, -0.1) is 0 Å². The first-order valence-corrected chi connectivity index (χ1v) is 7.45. The van der Waals surface area contributed by atoms with Gasteiger partial charge >= 0.3 is 0 Å². The van der Waals surface area contributed by atoms with Crippen LogP contribution in [0.5, 0.6) is 0 Å². The molecule has 0 aliphatic carbocycles. The van der Waals surface area contributed by atoms with Gasteiger partial charge in [-0.1, -0.05) is 36.4 Å². The predicted octanol–water partition coefficient (Wildman–Crippen LogP) is 2.89. The van der Waals surface area contributed by atoms with Crippen molar-refractivity contribution in [2.45, 2.75) is 25.2 Å². The molecule has 0 aliphatic rings. The Morgan fingerprint density at radius 2 is 1.75 bits per heavy atom. The lowest BCUT2D eigenvalue weighted by Gasteiger charge is -2.23. The quantitative estimate of drug-likeness (QED) is 0.853. The number of benzene rings is 2. The van der Waals surface area contributed by atoms with Crippen LogP contribution in [0.3, 0.4) is 0 Å². The topological polar surface area (TPSA) is 58.6 Å². The van der Waals surface area contributed by atoms with Gasteiger partial charge in [0.05, 0.1) is 12.1 Å². The largest absolute Gasteiger partial charge is 0.386 e. The van der Waals surface area contributed by atoms with Crippen molar-refractivity contribution in [1.82, 2.24) is 5.32 Å². The van der Waals surface area contributed by atoms with Gasteiger partial charge in [-0.25, -0.2) is 8.78 Å². The van der Waals surface area contributed by atoms with E-state index in [1.54, 1.807) is 31.2 Å². The molecule has 0 spiro atoms. The molecule has 0 saturated carbocycles. The van der Waals surface area contributed by atoms with Crippen molar-refractivity contribution in [3.63, 3.8) is 0 Å². The molecule has 128 valence electrons. The molecule has 0 unspecified atom stereocenters. The fraction of sp³-hybridized carbons (Fsp3) is 0.278. The maximum Gasteiger partial charge on any atom is 0.254 e. The summed E-state index contributed by atoms with van der Waals surface area (Å²) in [6.45, 7) is 1.57. The number of rotatable bonds is 6. The van der Waals surface area contributed by atoms with Crippen LogP contribution >= 0.6 is 0 Å². The van der Waals surface area contributed by atoms with Gasteiger partial charge in [-0.3, -0.25) is 4.79 Å². The molecule has 24 heavy (non-hydrogen) atoms. The first kappa shape index (κ1) is 18.0. The third kappa shape index (κ3) is 4.15. The SMILES string of the molecule is CO[C@@H](C(=O)N[C@H](C)[C@H](O)c1ccc(F)c(F)c1)c1ccccc1. The number of ether oxygens (including phenoxy) is 1. The molecular weight excluding hydrogens is 316 g/mol. The third-order valence-corrected chi connectivity index (χ3v) is 3.70. The number of aliphatic hydroxyl groups excluding tert-OH is 1. The summed E-state index contributed by atoms with van der Waals surface area (Å²) >= 11 is 0. The zero-order valence-electron chi connectivity index (χ0n) is 13.4. The minimum absolute atomic E-state index is 0.176. The lowest BCUT2D eigenvalue weighted by molar-refractivity contribution is -0.132. The fourth-order valence-electron chi connectivity index (χ4n) is 2.39. The zero-order valence-corrected chi connectivity index (χ0v) is 13.4.